The van der Waals surface area contributed by atoms with Crippen LogP contribution in [0.5, 0.6) is 0 Å². The van der Waals surface area contributed by atoms with E-state index in [9.17, 15) is 4.79 Å². The van der Waals surface area contributed by atoms with E-state index in [1.165, 1.54) is 12.8 Å². The monoisotopic (exact) mass is 306 g/mol. The molecule has 0 saturated carbocycles. The molecular formula is C16H26N4O2. The average Bonchev–Trinajstić information content (AvgIpc) is 2.46. The number of benzene rings is 1. The smallest absolute Gasteiger partial charge is 0.326 e. The number of carbonyl (C=O) groups is 1. The molecule has 0 heterocycles. The normalized spacial score (nSPS) is 11.1. The van der Waals surface area contributed by atoms with Gasteiger partial charge in [-0.3, -0.25) is 5.32 Å². The lowest BCUT2D eigenvalue weighted by Crippen LogP contribution is -2.40. The van der Waals surface area contributed by atoms with E-state index in [4.69, 9.17) is 10.6 Å². The Balaban J connectivity index is 2.38. The number of guanidine groups is 1. The number of urea groups is 1. The van der Waals surface area contributed by atoms with Gasteiger partial charge in [-0.2, -0.15) is 0 Å². The average molecular weight is 306 g/mol. The van der Waals surface area contributed by atoms with Gasteiger partial charge in [-0.05, 0) is 43.0 Å². The molecule has 2 amide bonds. The van der Waals surface area contributed by atoms with Crippen LogP contribution in [0.25, 0.3) is 0 Å². The summed E-state index contributed by atoms with van der Waals surface area (Å²) < 4.78 is 0. The minimum Gasteiger partial charge on any atom is -0.393 e. The van der Waals surface area contributed by atoms with Crippen LogP contribution in [0.1, 0.15) is 43.7 Å². The first-order valence-corrected chi connectivity index (χ1v) is 7.64. The fourth-order valence-electron chi connectivity index (χ4n) is 2.00. The second-order valence-corrected chi connectivity index (χ2v) is 5.22. The van der Waals surface area contributed by atoms with E-state index in [1.54, 1.807) is 0 Å². The molecule has 4 N–H and O–H groups in total. The first kappa shape index (κ1) is 17.8. The predicted molar refractivity (Wildman–Crippen MR) is 89.8 cm³/mol. The number of nitrogens with two attached hydrogens (primary N) is 1. The summed E-state index contributed by atoms with van der Waals surface area (Å²) in [6.07, 6.45) is 4.38. The van der Waals surface area contributed by atoms with Crippen molar-refractivity contribution in [3.05, 3.63) is 29.3 Å². The predicted octanol–water partition coefficient (Wildman–Crippen LogP) is 3.25. The van der Waals surface area contributed by atoms with E-state index in [2.05, 4.69) is 22.7 Å². The van der Waals surface area contributed by atoms with E-state index >= 15 is 0 Å². The topological polar surface area (TPSA) is 88.7 Å². The van der Waals surface area contributed by atoms with Crippen LogP contribution < -0.4 is 16.4 Å². The maximum Gasteiger partial charge on any atom is 0.326 e. The number of aryl methyl sites for hydroxylation is 2. The highest BCUT2D eigenvalue weighted by Gasteiger charge is 2.07. The van der Waals surface area contributed by atoms with Gasteiger partial charge in [-0.1, -0.05) is 38.0 Å². The molecule has 0 radical (unpaired) electrons. The number of rotatable bonds is 7. The number of anilines is 1. The molecule has 0 aliphatic heterocycles. The van der Waals surface area contributed by atoms with Crippen LogP contribution in [0, 0.1) is 13.8 Å². The van der Waals surface area contributed by atoms with Crippen molar-refractivity contribution in [3.63, 3.8) is 0 Å². The first-order valence-electron chi connectivity index (χ1n) is 7.64. The van der Waals surface area contributed by atoms with Gasteiger partial charge in [0.1, 0.15) is 6.61 Å². The number of unbranched alkanes of at least 4 members (excludes halogenated alkanes) is 3. The lowest BCUT2D eigenvalue weighted by atomic mass is 10.1. The Morgan fingerprint density at radius 3 is 2.55 bits per heavy atom. The molecule has 6 nitrogen and oxygen atoms in total. The zero-order valence-corrected chi connectivity index (χ0v) is 13.6. The van der Waals surface area contributed by atoms with E-state index in [0.717, 1.165) is 29.7 Å². The van der Waals surface area contributed by atoms with Crippen LogP contribution in [-0.2, 0) is 4.84 Å². The molecule has 122 valence electrons. The number of nitrogens with one attached hydrogen (secondary N) is 2. The molecule has 0 fully saturated rings. The molecule has 0 aliphatic carbocycles. The third kappa shape index (κ3) is 6.47. The quantitative estimate of drug-likeness (QED) is 0.313. The molecule has 0 atom stereocenters. The molecule has 0 unspecified atom stereocenters. The molecule has 0 aliphatic rings. The van der Waals surface area contributed by atoms with E-state index in [-0.39, 0.29) is 5.96 Å². The number of nitrogens with zero attached hydrogens (tertiary/aromatic N) is 1. The Morgan fingerprint density at radius 1 is 1.23 bits per heavy atom. The SMILES string of the molecule is CCCCCCO/N=C(/N)NC(=O)Nc1c(C)cccc1C. The van der Waals surface area contributed by atoms with Crippen molar-refractivity contribution in [2.45, 2.75) is 46.5 Å². The standard InChI is InChI=1S/C16H26N4O2/c1-4-5-6-7-11-22-20-15(17)19-16(21)18-14-12(2)9-8-10-13(14)3/h8-10H,4-7,11H2,1-3H3,(H4,17,18,19,20,21). The summed E-state index contributed by atoms with van der Waals surface area (Å²) >= 11 is 0. The van der Waals surface area contributed by atoms with Crippen molar-refractivity contribution in [2.75, 3.05) is 11.9 Å². The molecule has 6 heteroatoms. The van der Waals surface area contributed by atoms with Gasteiger partial charge in [-0.25, -0.2) is 4.79 Å². The van der Waals surface area contributed by atoms with Gasteiger partial charge < -0.3 is 15.9 Å². The highest BCUT2D eigenvalue weighted by molar-refractivity contribution is 6.02. The number of carbonyl (C=O) groups excluding carboxylic acids is 1. The summed E-state index contributed by atoms with van der Waals surface area (Å²) in [7, 11) is 0. The molecule has 0 bridgehead atoms. The summed E-state index contributed by atoms with van der Waals surface area (Å²) in [5, 5.41) is 8.87. The Labute approximate surface area is 132 Å². The van der Waals surface area contributed by atoms with Crippen molar-refractivity contribution in [3.8, 4) is 0 Å². The van der Waals surface area contributed by atoms with E-state index in [1.807, 2.05) is 32.0 Å². The van der Waals surface area contributed by atoms with Crippen molar-refractivity contribution < 1.29 is 9.63 Å². The summed E-state index contributed by atoms with van der Waals surface area (Å²) in [5.74, 6) is -0.0563. The first-order chi connectivity index (χ1) is 10.5. The van der Waals surface area contributed by atoms with Crippen LogP contribution in [0.15, 0.2) is 23.4 Å². The molecular weight excluding hydrogens is 280 g/mol. The van der Waals surface area contributed by atoms with Crippen LogP contribution in [0.4, 0.5) is 10.5 Å². The zero-order chi connectivity index (χ0) is 16.4. The molecule has 1 aromatic carbocycles. The highest BCUT2D eigenvalue weighted by atomic mass is 16.6. The van der Waals surface area contributed by atoms with Crippen LogP contribution >= 0.6 is 0 Å². The van der Waals surface area contributed by atoms with Crippen LogP contribution in [-0.4, -0.2) is 18.6 Å². The number of oxime groups is 1. The zero-order valence-electron chi connectivity index (χ0n) is 13.6. The molecule has 1 rings (SSSR count). The Morgan fingerprint density at radius 2 is 1.91 bits per heavy atom. The molecule has 0 spiro atoms. The van der Waals surface area contributed by atoms with Gasteiger partial charge in [0.2, 0.25) is 5.96 Å². The Kier molecular flexibility index (Phi) is 7.81. The van der Waals surface area contributed by atoms with Gasteiger partial charge in [0, 0.05) is 5.69 Å². The fraction of sp³-hybridized carbons (Fsp3) is 0.500. The number of para-hydroxylation sites is 1. The third-order valence-corrected chi connectivity index (χ3v) is 3.21. The Hall–Kier alpha value is -2.24. The number of hydrogen-bond acceptors (Lipinski definition) is 3. The van der Waals surface area contributed by atoms with E-state index < -0.39 is 6.03 Å². The lowest BCUT2D eigenvalue weighted by molar-refractivity contribution is 0.138. The van der Waals surface area contributed by atoms with Crippen molar-refractivity contribution in [1.29, 1.82) is 0 Å². The second-order valence-electron chi connectivity index (χ2n) is 5.22. The Bertz CT molecular complexity index is 495. The molecule has 22 heavy (non-hydrogen) atoms. The minimum atomic E-state index is -0.437. The number of amides is 2. The summed E-state index contributed by atoms with van der Waals surface area (Å²) in [5.41, 5.74) is 8.34. The lowest BCUT2D eigenvalue weighted by Gasteiger charge is -2.11. The van der Waals surface area contributed by atoms with Gasteiger partial charge >= 0.3 is 6.03 Å². The molecule has 0 saturated heterocycles. The van der Waals surface area contributed by atoms with Crippen LogP contribution in [0.3, 0.4) is 0 Å². The minimum absolute atomic E-state index is 0.0563. The van der Waals surface area contributed by atoms with Gasteiger partial charge in [0.25, 0.3) is 0 Å². The largest absolute Gasteiger partial charge is 0.393 e. The third-order valence-electron chi connectivity index (χ3n) is 3.21. The molecule has 1 aromatic rings. The summed E-state index contributed by atoms with van der Waals surface area (Å²) in [4.78, 5) is 16.9. The van der Waals surface area contributed by atoms with Gasteiger partial charge in [-0.15, -0.1) is 0 Å². The fourth-order valence-corrected chi connectivity index (χ4v) is 2.00. The van der Waals surface area contributed by atoms with E-state index in [0.29, 0.717) is 6.61 Å². The van der Waals surface area contributed by atoms with Crippen molar-refractivity contribution >= 4 is 17.7 Å². The summed E-state index contributed by atoms with van der Waals surface area (Å²) in [6, 6.07) is 5.36. The van der Waals surface area contributed by atoms with Gasteiger partial charge in [0.15, 0.2) is 0 Å². The maximum absolute atomic E-state index is 11.9. The summed E-state index contributed by atoms with van der Waals surface area (Å²) in [6.45, 7) is 6.51. The highest BCUT2D eigenvalue weighted by Crippen LogP contribution is 2.18. The van der Waals surface area contributed by atoms with Gasteiger partial charge in [0.05, 0.1) is 0 Å². The van der Waals surface area contributed by atoms with Crippen molar-refractivity contribution in [1.82, 2.24) is 5.32 Å². The number of hydrogen-bond donors (Lipinski definition) is 3. The second kappa shape index (κ2) is 9.65. The van der Waals surface area contributed by atoms with Crippen LogP contribution in [0.2, 0.25) is 0 Å². The molecule has 0 aromatic heterocycles. The maximum atomic E-state index is 11.9. The van der Waals surface area contributed by atoms with Crippen molar-refractivity contribution in [2.24, 2.45) is 10.9 Å².